The van der Waals surface area contributed by atoms with Crippen molar-refractivity contribution in [1.82, 2.24) is 10.3 Å². The van der Waals surface area contributed by atoms with Gasteiger partial charge in [0, 0.05) is 28.7 Å². The number of carboxylic acid groups (broad SMARTS) is 1. The van der Waals surface area contributed by atoms with Crippen molar-refractivity contribution in [2.45, 2.75) is 13.0 Å². The molecule has 1 amide bonds. The average molecular weight is 536 g/mol. The van der Waals surface area contributed by atoms with E-state index in [4.69, 9.17) is 10.1 Å². The molecular weight excluding hydrogens is 514 g/mol. The Kier molecular flexibility index (Phi) is 7.72. The van der Waals surface area contributed by atoms with E-state index in [0.717, 1.165) is 36.9 Å². The number of carbonyl (C=O) groups is 2. The molecule has 0 bridgehead atoms. The Morgan fingerprint density at radius 3 is 2.29 bits per heavy atom. The second kappa shape index (κ2) is 11.1. The highest BCUT2D eigenvalue weighted by Crippen LogP contribution is 2.39. The van der Waals surface area contributed by atoms with Crippen LogP contribution in [0.15, 0.2) is 83.3 Å². The monoisotopic (exact) mass is 535 g/mol. The lowest BCUT2D eigenvalue weighted by Crippen LogP contribution is -2.25. The largest absolute Gasteiger partial charge is 0.481 e. The van der Waals surface area contributed by atoms with Gasteiger partial charge >= 0.3 is 5.97 Å². The zero-order valence-corrected chi connectivity index (χ0v) is 20.5. The van der Waals surface area contributed by atoms with Gasteiger partial charge in [0.05, 0.1) is 17.0 Å². The molecule has 1 aromatic heterocycles. The maximum Gasteiger partial charge on any atom is 0.305 e. The Balaban J connectivity index is 1.47. The Morgan fingerprint density at radius 1 is 0.912 bits per heavy atom. The van der Waals surface area contributed by atoms with Crippen LogP contribution in [-0.4, -0.2) is 28.5 Å². The van der Waals surface area contributed by atoms with E-state index in [0.29, 0.717) is 12.1 Å². The van der Waals surface area contributed by atoms with Gasteiger partial charge in [-0.2, -0.15) is 0 Å². The van der Waals surface area contributed by atoms with Gasteiger partial charge < -0.3 is 15.7 Å². The van der Waals surface area contributed by atoms with Crippen molar-refractivity contribution in [2.75, 3.05) is 11.9 Å². The van der Waals surface area contributed by atoms with Crippen molar-refractivity contribution in [3.63, 3.8) is 0 Å². The molecule has 1 heterocycles. The smallest absolute Gasteiger partial charge is 0.305 e. The van der Waals surface area contributed by atoms with Crippen molar-refractivity contribution in [3.8, 4) is 21.7 Å². The molecule has 172 valence electrons. The van der Waals surface area contributed by atoms with E-state index in [1.54, 1.807) is 23.5 Å². The molecule has 8 heteroatoms. The summed E-state index contributed by atoms with van der Waals surface area (Å²) in [7, 11) is 0. The fourth-order valence-electron chi connectivity index (χ4n) is 3.32. The van der Waals surface area contributed by atoms with Gasteiger partial charge in [0.15, 0.2) is 5.13 Å². The Bertz CT molecular complexity index is 1270. The number of hydrogen-bond acceptors (Lipinski definition) is 5. The average Bonchev–Trinajstić information content (AvgIpc) is 3.28. The number of thiazole rings is 1. The van der Waals surface area contributed by atoms with Crippen LogP contribution in [0, 0.1) is 0 Å². The van der Waals surface area contributed by atoms with Crippen LogP contribution in [0.2, 0.25) is 0 Å². The number of aromatic nitrogens is 1. The molecule has 0 spiro atoms. The van der Waals surface area contributed by atoms with Crippen molar-refractivity contribution in [2.24, 2.45) is 0 Å². The highest BCUT2D eigenvalue weighted by atomic mass is 79.9. The second-order valence-corrected chi connectivity index (χ2v) is 9.43. The molecule has 4 rings (SSSR count). The van der Waals surface area contributed by atoms with E-state index < -0.39 is 5.97 Å². The number of amides is 1. The summed E-state index contributed by atoms with van der Waals surface area (Å²) in [5.41, 5.74) is 4.59. The molecule has 0 radical (unpaired) electrons. The third-order valence-electron chi connectivity index (χ3n) is 5.07. The molecular formula is C26H22BrN3O3S. The van der Waals surface area contributed by atoms with Gasteiger partial charge in [0.1, 0.15) is 0 Å². The number of carboxylic acids is 1. The standard InChI is InChI=1S/C26H22BrN3O3S/c27-21-12-10-19(11-13-21)24-23(18-4-2-1-3-5-18)30-26(34-24)29-16-17-6-8-20(9-7-17)25(33)28-15-14-22(31)32/h1-13H,14-16H2,(H,28,33)(H,29,30)(H,31,32). The summed E-state index contributed by atoms with van der Waals surface area (Å²) in [6.07, 6.45) is -0.102. The van der Waals surface area contributed by atoms with Crippen LogP contribution in [0.4, 0.5) is 5.13 Å². The van der Waals surface area contributed by atoms with Crippen molar-refractivity contribution < 1.29 is 14.7 Å². The molecule has 0 aliphatic carbocycles. The van der Waals surface area contributed by atoms with E-state index in [2.05, 4.69) is 50.8 Å². The third kappa shape index (κ3) is 6.09. The lowest BCUT2D eigenvalue weighted by molar-refractivity contribution is -0.136. The SMILES string of the molecule is O=C(O)CCNC(=O)c1ccc(CNc2nc(-c3ccccc3)c(-c3ccc(Br)cc3)s2)cc1. The molecule has 0 aliphatic rings. The number of benzene rings is 3. The van der Waals surface area contributed by atoms with Gasteiger partial charge in [-0.15, -0.1) is 0 Å². The molecule has 3 aromatic carbocycles. The van der Waals surface area contributed by atoms with Crippen LogP contribution in [0.1, 0.15) is 22.3 Å². The van der Waals surface area contributed by atoms with Crippen molar-refractivity contribution in [3.05, 3.63) is 94.5 Å². The molecule has 0 saturated heterocycles. The van der Waals surface area contributed by atoms with Gasteiger partial charge in [-0.1, -0.05) is 81.9 Å². The fraction of sp³-hybridized carbons (Fsp3) is 0.115. The minimum Gasteiger partial charge on any atom is -0.481 e. The third-order valence-corrected chi connectivity index (χ3v) is 6.66. The van der Waals surface area contributed by atoms with Crippen LogP contribution in [0.5, 0.6) is 0 Å². The first-order valence-electron chi connectivity index (χ1n) is 10.6. The molecule has 34 heavy (non-hydrogen) atoms. The maximum absolute atomic E-state index is 12.1. The number of halogens is 1. The molecule has 0 atom stereocenters. The van der Waals surface area contributed by atoms with E-state index >= 15 is 0 Å². The van der Waals surface area contributed by atoms with E-state index in [1.807, 2.05) is 42.5 Å². The number of nitrogens with one attached hydrogen (secondary N) is 2. The summed E-state index contributed by atoms with van der Waals surface area (Å²) in [5.74, 6) is -1.23. The van der Waals surface area contributed by atoms with Crippen LogP contribution < -0.4 is 10.6 Å². The number of aliphatic carboxylic acids is 1. The molecule has 0 aliphatic heterocycles. The number of hydrogen-bond donors (Lipinski definition) is 3. The Hall–Kier alpha value is -3.49. The number of rotatable bonds is 9. The molecule has 0 fully saturated rings. The molecule has 3 N–H and O–H groups in total. The fourth-order valence-corrected chi connectivity index (χ4v) is 4.57. The summed E-state index contributed by atoms with van der Waals surface area (Å²) >= 11 is 5.10. The maximum atomic E-state index is 12.1. The molecule has 6 nitrogen and oxygen atoms in total. The van der Waals surface area contributed by atoms with Crippen LogP contribution in [-0.2, 0) is 11.3 Å². The first-order chi connectivity index (χ1) is 16.5. The molecule has 0 saturated carbocycles. The first-order valence-corrected chi connectivity index (χ1v) is 12.3. The van der Waals surface area contributed by atoms with Crippen LogP contribution in [0.25, 0.3) is 21.7 Å². The minimum absolute atomic E-state index is 0.102. The zero-order valence-electron chi connectivity index (χ0n) is 18.1. The second-order valence-electron chi connectivity index (χ2n) is 7.52. The minimum atomic E-state index is -0.942. The Labute approximate surface area is 209 Å². The van der Waals surface area contributed by atoms with Gasteiger partial charge in [-0.05, 0) is 35.4 Å². The van der Waals surface area contributed by atoms with Crippen LogP contribution >= 0.6 is 27.3 Å². The normalized spacial score (nSPS) is 10.6. The zero-order chi connectivity index (χ0) is 23.9. The predicted molar refractivity (Wildman–Crippen MR) is 139 cm³/mol. The Morgan fingerprint density at radius 2 is 1.62 bits per heavy atom. The lowest BCUT2D eigenvalue weighted by atomic mass is 10.1. The summed E-state index contributed by atoms with van der Waals surface area (Å²) in [6, 6.07) is 25.5. The summed E-state index contributed by atoms with van der Waals surface area (Å²) in [4.78, 5) is 28.7. The number of nitrogens with zero attached hydrogens (tertiary/aromatic N) is 1. The highest BCUT2D eigenvalue weighted by molar-refractivity contribution is 9.10. The van der Waals surface area contributed by atoms with Gasteiger partial charge in [0.2, 0.25) is 0 Å². The first kappa shape index (κ1) is 23.7. The number of anilines is 1. The molecule has 0 unspecified atom stereocenters. The molecule has 4 aromatic rings. The number of carbonyl (C=O) groups excluding carboxylic acids is 1. The van der Waals surface area contributed by atoms with E-state index in [9.17, 15) is 9.59 Å². The van der Waals surface area contributed by atoms with Gasteiger partial charge in [-0.25, -0.2) is 4.98 Å². The van der Waals surface area contributed by atoms with E-state index in [1.165, 1.54) is 0 Å². The predicted octanol–water partition coefficient (Wildman–Crippen LogP) is 6.06. The van der Waals surface area contributed by atoms with Crippen molar-refractivity contribution >= 4 is 44.3 Å². The highest BCUT2D eigenvalue weighted by Gasteiger charge is 2.15. The quantitative estimate of drug-likeness (QED) is 0.242. The van der Waals surface area contributed by atoms with E-state index in [-0.39, 0.29) is 18.9 Å². The summed E-state index contributed by atoms with van der Waals surface area (Å²) in [6.45, 7) is 0.661. The summed E-state index contributed by atoms with van der Waals surface area (Å²) in [5, 5.41) is 15.5. The topological polar surface area (TPSA) is 91.3 Å². The van der Waals surface area contributed by atoms with Crippen molar-refractivity contribution in [1.29, 1.82) is 0 Å². The summed E-state index contributed by atoms with van der Waals surface area (Å²) < 4.78 is 1.03. The van der Waals surface area contributed by atoms with Gasteiger partial charge in [-0.3, -0.25) is 9.59 Å². The van der Waals surface area contributed by atoms with Crippen LogP contribution in [0.3, 0.4) is 0 Å². The lowest BCUT2D eigenvalue weighted by Gasteiger charge is -2.06. The van der Waals surface area contributed by atoms with Gasteiger partial charge in [0.25, 0.3) is 5.91 Å².